The molecule has 2 aromatic rings. The number of rotatable bonds is 3. The van der Waals surface area contributed by atoms with Crippen molar-refractivity contribution < 1.29 is 19.4 Å². The van der Waals surface area contributed by atoms with Gasteiger partial charge in [0.05, 0.1) is 0 Å². The normalized spacial score (nSPS) is 11.2. The molecule has 0 fully saturated rings. The topological polar surface area (TPSA) is 75.6 Å². The largest absolute Gasteiger partial charge is 0.507 e. The molecule has 0 saturated carbocycles. The first-order valence-electron chi connectivity index (χ1n) is 6.96. The summed E-state index contributed by atoms with van der Waals surface area (Å²) in [7, 11) is 0. The average molecular weight is 301 g/mol. The minimum atomic E-state index is -0.729. The Kier molecular flexibility index (Phi) is 4.35. The van der Waals surface area contributed by atoms with Crippen molar-refractivity contribution in [2.45, 2.75) is 26.3 Å². The Morgan fingerprint density at radius 1 is 1.14 bits per heavy atom. The number of hydrogen-bond donors (Lipinski definition) is 2. The van der Waals surface area contributed by atoms with E-state index in [2.05, 4.69) is 5.32 Å². The van der Waals surface area contributed by atoms with Gasteiger partial charge in [-0.1, -0.05) is 24.3 Å². The highest BCUT2D eigenvalue weighted by Gasteiger charge is 2.18. The molecule has 0 spiro atoms. The summed E-state index contributed by atoms with van der Waals surface area (Å²) >= 11 is 0. The number of fused-ring (bicyclic) bond motifs is 1. The van der Waals surface area contributed by atoms with Crippen LogP contribution in [0.5, 0.6) is 5.75 Å². The summed E-state index contributed by atoms with van der Waals surface area (Å²) in [6, 6.07) is 10.4. The number of esters is 1. The second-order valence-corrected chi connectivity index (χ2v) is 6.09. The molecule has 0 aliphatic carbocycles. The third-order valence-corrected chi connectivity index (χ3v) is 2.93. The van der Waals surface area contributed by atoms with Gasteiger partial charge < -0.3 is 15.2 Å². The summed E-state index contributed by atoms with van der Waals surface area (Å²) in [5.41, 5.74) is -0.351. The van der Waals surface area contributed by atoms with Crippen molar-refractivity contribution in [1.29, 1.82) is 0 Å². The average Bonchev–Trinajstić information content (AvgIpc) is 2.42. The quantitative estimate of drug-likeness (QED) is 0.855. The number of carbonyl (C=O) groups excluding carboxylic acids is 2. The Labute approximate surface area is 128 Å². The predicted molar refractivity (Wildman–Crippen MR) is 83.8 cm³/mol. The lowest BCUT2D eigenvalue weighted by atomic mass is 10.1. The van der Waals surface area contributed by atoms with Crippen LogP contribution in [0.4, 0.5) is 0 Å². The summed E-state index contributed by atoms with van der Waals surface area (Å²) < 4.78 is 4.95. The van der Waals surface area contributed by atoms with Crippen LogP contribution >= 0.6 is 0 Å². The molecule has 2 N–H and O–H groups in total. The molecule has 0 bridgehead atoms. The maximum atomic E-state index is 12.0. The van der Waals surface area contributed by atoms with Crippen LogP contribution in [0.15, 0.2) is 36.4 Å². The summed E-state index contributed by atoms with van der Waals surface area (Å²) in [5, 5.41) is 14.3. The van der Waals surface area contributed by atoms with Crippen LogP contribution in [0.3, 0.4) is 0 Å². The Balaban J connectivity index is 2.10. The van der Waals surface area contributed by atoms with Crippen molar-refractivity contribution in [2.75, 3.05) is 6.61 Å². The van der Waals surface area contributed by atoms with Gasteiger partial charge in [-0.2, -0.15) is 0 Å². The van der Waals surface area contributed by atoms with Crippen LogP contribution in [0.2, 0.25) is 0 Å². The fraction of sp³-hybridized carbons (Fsp3) is 0.294. The molecular formula is C17H19NO4. The number of aromatic hydroxyl groups is 1. The van der Waals surface area contributed by atoms with Gasteiger partial charge in [0.1, 0.15) is 11.3 Å². The highest BCUT2D eigenvalue weighted by atomic mass is 16.5. The molecular weight excluding hydrogens is 282 g/mol. The van der Waals surface area contributed by atoms with E-state index < -0.39 is 11.5 Å². The molecule has 2 rings (SSSR count). The number of nitrogens with one attached hydrogen (secondary N) is 1. The molecule has 0 heterocycles. The van der Waals surface area contributed by atoms with E-state index in [4.69, 9.17) is 4.74 Å². The van der Waals surface area contributed by atoms with Gasteiger partial charge in [-0.3, -0.25) is 4.79 Å². The molecule has 5 heteroatoms. The minimum absolute atomic E-state index is 0.0438. The van der Waals surface area contributed by atoms with E-state index in [1.807, 2.05) is 45.0 Å². The van der Waals surface area contributed by atoms with Crippen molar-refractivity contribution in [3.63, 3.8) is 0 Å². The van der Waals surface area contributed by atoms with Crippen LogP contribution in [-0.4, -0.2) is 29.1 Å². The number of phenolic OH excluding ortho intramolecular Hbond substituents is 1. The van der Waals surface area contributed by atoms with Gasteiger partial charge in [0.15, 0.2) is 6.61 Å². The first kappa shape index (κ1) is 15.8. The maximum absolute atomic E-state index is 12.0. The fourth-order valence-corrected chi connectivity index (χ4v) is 2.05. The van der Waals surface area contributed by atoms with E-state index in [-0.39, 0.29) is 23.8 Å². The van der Waals surface area contributed by atoms with E-state index >= 15 is 0 Å². The second-order valence-electron chi connectivity index (χ2n) is 6.09. The maximum Gasteiger partial charge on any atom is 0.342 e. The highest BCUT2D eigenvalue weighted by Crippen LogP contribution is 2.25. The third-order valence-electron chi connectivity index (χ3n) is 2.93. The Morgan fingerprint density at radius 3 is 2.32 bits per heavy atom. The number of ether oxygens (including phenoxy) is 1. The Bertz CT molecular complexity index is 716. The lowest BCUT2D eigenvalue weighted by Gasteiger charge is -2.20. The lowest BCUT2D eigenvalue weighted by Crippen LogP contribution is -2.42. The first-order chi connectivity index (χ1) is 10.3. The molecule has 0 aromatic heterocycles. The number of hydrogen-bond acceptors (Lipinski definition) is 4. The molecule has 116 valence electrons. The number of amides is 1. The summed E-state index contributed by atoms with van der Waals surface area (Å²) in [5.74, 6) is -1.28. The van der Waals surface area contributed by atoms with Gasteiger partial charge in [0, 0.05) is 5.54 Å². The number of phenols is 1. The fourth-order valence-electron chi connectivity index (χ4n) is 2.05. The Morgan fingerprint density at radius 2 is 1.73 bits per heavy atom. The first-order valence-corrected chi connectivity index (χ1v) is 6.96. The van der Waals surface area contributed by atoms with Gasteiger partial charge in [-0.25, -0.2) is 4.79 Å². The van der Waals surface area contributed by atoms with Crippen LogP contribution in [0, 0.1) is 0 Å². The van der Waals surface area contributed by atoms with Crippen molar-refractivity contribution in [2.24, 2.45) is 0 Å². The molecule has 1 amide bonds. The number of benzene rings is 2. The zero-order valence-corrected chi connectivity index (χ0v) is 12.8. The van der Waals surface area contributed by atoms with Gasteiger partial charge >= 0.3 is 5.97 Å². The smallest absolute Gasteiger partial charge is 0.342 e. The monoisotopic (exact) mass is 301 g/mol. The van der Waals surface area contributed by atoms with Crippen molar-refractivity contribution in [3.05, 3.63) is 42.0 Å². The van der Waals surface area contributed by atoms with E-state index in [0.717, 1.165) is 10.8 Å². The Hall–Kier alpha value is -2.56. The minimum Gasteiger partial charge on any atom is -0.507 e. The standard InChI is InChI=1S/C17H19NO4/c1-17(2,3)18-15(20)10-22-16(21)13-8-11-6-4-5-7-12(11)9-14(13)19/h4-9,19H,10H2,1-3H3,(H,18,20). The zero-order valence-electron chi connectivity index (χ0n) is 12.8. The molecule has 22 heavy (non-hydrogen) atoms. The highest BCUT2D eigenvalue weighted by molar-refractivity contribution is 5.99. The molecule has 0 atom stereocenters. The molecule has 0 aliphatic rings. The van der Waals surface area contributed by atoms with Crippen LogP contribution in [-0.2, 0) is 9.53 Å². The second kappa shape index (κ2) is 6.05. The lowest BCUT2D eigenvalue weighted by molar-refractivity contribution is -0.125. The predicted octanol–water partition coefficient (Wildman–Crippen LogP) is 2.62. The molecule has 0 aliphatic heterocycles. The molecule has 2 aromatic carbocycles. The van der Waals surface area contributed by atoms with Crippen LogP contribution in [0.25, 0.3) is 10.8 Å². The van der Waals surface area contributed by atoms with Gasteiger partial charge in [-0.15, -0.1) is 0 Å². The molecule has 0 saturated heterocycles. The van der Waals surface area contributed by atoms with Crippen molar-refractivity contribution >= 4 is 22.6 Å². The number of carbonyl (C=O) groups is 2. The van der Waals surface area contributed by atoms with Crippen molar-refractivity contribution in [1.82, 2.24) is 5.32 Å². The molecule has 0 radical (unpaired) electrons. The molecule has 5 nitrogen and oxygen atoms in total. The third kappa shape index (κ3) is 3.97. The van der Waals surface area contributed by atoms with E-state index in [0.29, 0.717) is 0 Å². The van der Waals surface area contributed by atoms with Crippen LogP contribution in [0.1, 0.15) is 31.1 Å². The van der Waals surface area contributed by atoms with Crippen molar-refractivity contribution in [3.8, 4) is 5.75 Å². The van der Waals surface area contributed by atoms with Gasteiger partial charge in [0.2, 0.25) is 0 Å². The van der Waals surface area contributed by atoms with Gasteiger partial charge in [-0.05, 0) is 43.7 Å². The zero-order chi connectivity index (χ0) is 16.3. The molecule has 0 unspecified atom stereocenters. The van der Waals surface area contributed by atoms with E-state index in [1.54, 1.807) is 6.07 Å². The van der Waals surface area contributed by atoms with Gasteiger partial charge in [0.25, 0.3) is 5.91 Å². The summed E-state index contributed by atoms with van der Waals surface area (Å²) in [6.45, 7) is 5.12. The summed E-state index contributed by atoms with van der Waals surface area (Å²) in [6.07, 6.45) is 0. The van der Waals surface area contributed by atoms with Crippen LogP contribution < -0.4 is 5.32 Å². The summed E-state index contributed by atoms with van der Waals surface area (Å²) in [4.78, 5) is 23.7. The van der Waals surface area contributed by atoms with E-state index in [1.165, 1.54) is 6.07 Å². The SMILES string of the molecule is CC(C)(C)NC(=O)COC(=O)c1cc2ccccc2cc1O. The van der Waals surface area contributed by atoms with E-state index in [9.17, 15) is 14.7 Å².